The molecule has 1 aromatic carbocycles. The molecule has 0 aromatic heterocycles. The summed E-state index contributed by atoms with van der Waals surface area (Å²) < 4.78 is 5.34. The second kappa shape index (κ2) is 5.22. The Labute approximate surface area is 84.2 Å². The molecule has 14 heavy (non-hydrogen) atoms. The van der Waals surface area contributed by atoms with Gasteiger partial charge < -0.3 is 4.74 Å². The fraction of sp³-hybridized carbons (Fsp3) is 0.250. The molecule has 0 aliphatic rings. The molecule has 0 unspecified atom stereocenters. The lowest BCUT2D eigenvalue weighted by Gasteiger charge is -2.10. The second-order valence-corrected chi connectivity index (χ2v) is 3.10. The van der Waals surface area contributed by atoms with Gasteiger partial charge in [0.2, 0.25) is 0 Å². The maximum Gasteiger partial charge on any atom is 0.155 e. The zero-order chi connectivity index (χ0) is 10.4. The summed E-state index contributed by atoms with van der Waals surface area (Å²) in [5.41, 5.74) is 1.10. The van der Waals surface area contributed by atoms with Gasteiger partial charge in [-0.3, -0.25) is 4.79 Å². The van der Waals surface area contributed by atoms with Crippen molar-refractivity contribution in [2.75, 3.05) is 0 Å². The first-order valence-electron chi connectivity index (χ1n) is 4.57. The van der Waals surface area contributed by atoms with Crippen LogP contribution in [-0.2, 0) is 9.53 Å². The Kier molecular flexibility index (Phi) is 3.92. The zero-order valence-electron chi connectivity index (χ0n) is 8.44. The average molecular weight is 190 g/mol. The van der Waals surface area contributed by atoms with Crippen molar-refractivity contribution in [2.45, 2.75) is 20.0 Å². The van der Waals surface area contributed by atoms with Gasteiger partial charge in [0, 0.05) is 6.08 Å². The number of benzene rings is 1. The van der Waals surface area contributed by atoms with Crippen LogP contribution in [0.3, 0.4) is 0 Å². The van der Waals surface area contributed by atoms with Crippen LogP contribution in [0.25, 0.3) is 0 Å². The SMILES string of the molecule is CC(=O)/C=C/O[C@@H](C)c1ccccc1. The van der Waals surface area contributed by atoms with Gasteiger partial charge >= 0.3 is 0 Å². The first-order valence-corrected chi connectivity index (χ1v) is 4.57. The molecule has 0 aliphatic heterocycles. The first kappa shape index (κ1) is 10.5. The minimum absolute atomic E-state index is 0.00902. The summed E-state index contributed by atoms with van der Waals surface area (Å²) in [7, 11) is 0. The normalized spacial score (nSPS) is 12.7. The number of rotatable bonds is 4. The molecular formula is C12H14O2. The van der Waals surface area contributed by atoms with Crippen molar-refractivity contribution in [1.82, 2.24) is 0 Å². The van der Waals surface area contributed by atoms with E-state index in [1.165, 1.54) is 19.3 Å². The zero-order valence-corrected chi connectivity index (χ0v) is 8.44. The maximum absolute atomic E-state index is 10.6. The summed E-state index contributed by atoms with van der Waals surface area (Å²) >= 11 is 0. The molecule has 0 saturated heterocycles. The van der Waals surface area contributed by atoms with Crippen LogP contribution in [0.5, 0.6) is 0 Å². The van der Waals surface area contributed by atoms with Gasteiger partial charge in [-0.15, -0.1) is 0 Å². The summed E-state index contributed by atoms with van der Waals surface area (Å²) in [4.78, 5) is 10.6. The number of ether oxygens (including phenoxy) is 1. The Morgan fingerprint density at radius 1 is 1.36 bits per heavy atom. The van der Waals surface area contributed by atoms with E-state index >= 15 is 0 Å². The van der Waals surface area contributed by atoms with Crippen molar-refractivity contribution in [3.05, 3.63) is 48.2 Å². The Balaban J connectivity index is 2.51. The van der Waals surface area contributed by atoms with E-state index in [1.807, 2.05) is 37.3 Å². The van der Waals surface area contributed by atoms with Crippen molar-refractivity contribution in [2.24, 2.45) is 0 Å². The van der Waals surface area contributed by atoms with Crippen LogP contribution in [0.15, 0.2) is 42.7 Å². The third-order valence-corrected chi connectivity index (χ3v) is 1.85. The van der Waals surface area contributed by atoms with Crippen LogP contribution in [0.2, 0.25) is 0 Å². The van der Waals surface area contributed by atoms with Gasteiger partial charge in [-0.05, 0) is 19.4 Å². The third kappa shape index (κ3) is 3.44. The monoisotopic (exact) mass is 190 g/mol. The number of carbonyl (C=O) groups is 1. The van der Waals surface area contributed by atoms with Gasteiger partial charge in [0.25, 0.3) is 0 Å². The Morgan fingerprint density at radius 2 is 2.00 bits per heavy atom. The molecule has 0 radical (unpaired) electrons. The largest absolute Gasteiger partial charge is 0.494 e. The molecule has 0 fully saturated rings. The third-order valence-electron chi connectivity index (χ3n) is 1.85. The molecule has 74 valence electrons. The highest BCUT2D eigenvalue weighted by atomic mass is 16.5. The highest BCUT2D eigenvalue weighted by Crippen LogP contribution is 2.15. The van der Waals surface area contributed by atoms with Gasteiger partial charge in [0.1, 0.15) is 6.10 Å². The minimum Gasteiger partial charge on any atom is -0.494 e. The van der Waals surface area contributed by atoms with Crippen molar-refractivity contribution >= 4 is 5.78 Å². The van der Waals surface area contributed by atoms with E-state index in [4.69, 9.17) is 4.74 Å². The first-order chi connectivity index (χ1) is 6.70. The fourth-order valence-corrected chi connectivity index (χ4v) is 1.06. The minimum atomic E-state index is -0.0215. The van der Waals surface area contributed by atoms with Crippen molar-refractivity contribution in [3.63, 3.8) is 0 Å². The summed E-state index contributed by atoms with van der Waals surface area (Å²) in [6.07, 6.45) is 2.84. The number of ketones is 1. The van der Waals surface area contributed by atoms with Crippen LogP contribution in [0, 0.1) is 0 Å². The lowest BCUT2D eigenvalue weighted by atomic mass is 10.1. The smallest absolute Gasteiger partial charge is 0.155 e. The van der Waals surface area contributed by atoms with E-state index in [-0.39, 0.29) is 11.9 Å². The van der Waals surface area contributed by atoms with Crippen molar-refractivity contribution in [3.8, 4) is 0 Å². The topological polar surface area (TPSA) is 26.3 Å². The lowest BCUT2D eigenvalue weighted by Crippen LogP contribution is -1.94. The maximum atomic E-state index is 10.6. The van der Waals surface area contributed by atoms with Crippen LogP contribution in [0.4, 0.5) is 0 Å². The molecular weight excluding hydrogens is 176 g/mol. The van der Waals surface area contributed by atoms with Crippen LogP contribution in [-0.4, -0.2) is 5.78 Å². The number of hydrogen-bond donors (Lipinski definition) is 0. The van der Waals surface area contributed by atoms with Crippen LogP contribution < -0.4 is 0 Å². The van der Waals surface area contributed by atoms with Crippen LogP contribution in [0.1, 0.15) is 25.5 Å². The molecule has 1 atom stereocenters. The Bertz CT molecular complexity index is 314. The number of carbonyl (C=O) groups excluding carboxylic acids is 1. The van der Waals surface area contributed by atoms with Gasteiger partial charge in [-0.25, -0.2) is 0 Å². The van der Waals surface area contributed by atoms with Gasteiger partial charge in [-0.2, -0.15) is 0 Å². The predicted octanol–water partition coefficient (Wildman–Crippen LogP) is 2.87. The predicted molar refractivity (Wildman–Crippen MR) is 55.8 cm³/mol. The summed E-state index contributed by atoms with van der Waals surface area (Å²) in [6, 6.07) is 9.87. The number of hydrogen-bond acceptors (Lipinski definition) is 2. The average Bonchev–Trinajstić information content (AvgIpc) is 2.18. The van der Waals surface area contributed by atoms with Gasteiger partial charge in [0.15, 0.2) is 5.78 Å². The van der Waals surface area contributed by atoms with Crippen molar-refractivity contribution < 1.29 is 9.53 Å². The van der Waals surface area contributed by atoms with Crippen molar-refractivity contribution in [1.29, 1.82) is 0 Å². The van der Waals surface area contributed by atoms with Gasteiger partial charge in [0.05, 0.1) is 6.26 Å². The summed E-state index contributed by atoms with van der Waals surface area (Å²) in [5, 5.41) is 0. The molecule has 0 N–H and O–H groups in total. The van der Waals surface area contributed by atoms with Gasteiger partial charge in [-0.1, -0.05) is 30.3 Å². The van der Waals surface area contributed by atoms with E-state index in [9.17, 15) is 4.79 Å². The lowest BCUT2D eigenvalue weighted by molar-refractivity contribution is -0.112. The van der Waals surface area contributed by atoms with E-state index in [0.717, 1.165) is 5.56 Å². The Hall–Kier alpha value is -1.57. The Morgan fingerprint density at radius 3 is 2.57 bits per heavy atom. The molecule has 0 spiro atoms. The summed E-state index contributed by atoms with van der Waals surface area (Å²) in [5.74, 6) is -0.00902. The molecule has 0 bridgehead atoms. The molecule has 1 rings (SSSR count). The molecule has 1 aromatic rings. The fourth-order valence-electron chi connectivity index (χ4n) is 1.06. The highest BCUT2D eigenvalue weighted by Gasteiger charge is 2.01. The standard InChI is InChI=1S/C12H14O2/c1-10(13)8-9-14-11(2)12-6-4-3-5-7-12/h3-9,11H,1-2H3/b9-8+/t11-/m0/s1. The second-order valence-electron chi connectivity index (χ2n) is 3.10. The van der Waals surface area contributed by atoms with E-state index < -0.39 is 0 Å². The molecule has 2 heteroatoms. The molecule has 0 amide bonds. The van der Waals surface area contributed by atoms with E-state index in [2.05, 4.69) is 0 Å². The molecule has 0 aliphatic carbocycles. The van der Waals surface area contributed by atoms with E-state index in [0.29, 0.717) is 0 Å². The molecule has 0 saturated carbocycles. The highest BCUT2D eigenvalue weighted by molar-refractivity contribution is 5.86. The molecule has 0 heterocycles. The van der Waals surface area contributed by atoms with E-state index in [1.54, 1.807) is 0 Å². The molecule has 2 nitrogen and oxygen atoms in total. The quantitative estimate of drug-likeness (QED) is 0.539. The number of allylic oxidation sites excluding steroid dienone is 1. The van der Waals surface area contributed by atoms with Crippen LogP contribution >= 0.6 is 0 Å². The summed E-state index contributed by atoms with van der Waals surface area (Å²) in [6.45, 7) is 3.44.